The maximum absolute atomic E-state index is 5.08. The van der Waals surface area contributed by atoms with Gasteiger partial charge in [0.15, 0.2) is 17.5 Å². The van der Waals surface area contributed by atoms with Crippen LogP contribution in [0.1, 0.15) is 26.3 Å². The van der Waals surface area contributed by atoms with Gasteiger partial charge in [-0.05, 0) is 52.4 Å². The second kappa shape index (κ2) is 12.6. The van der Waals surface area contributed by atoms with E-state index in [4.69, 9.17) is 19.9 Å². The predicted octanol–water partition coefficient (Wildman–Crippen LogP) is 12.7. The van der Waals surface area contributed by atoms with Crippen LogP contribution in [-0.2, 0) is 5.41 Å². The van der Waals surface area contributed by atoms with Gasteiger partial charge in [-0.25, -0.2) is 19.9 Å². The van der Waals surface area contributed by atoms with Gasteiger partial charge in [0.1, 0.15) is 5.82 Å². The Labute approximate surface area is 317 Å². The zero-order valence-corrected chi connectivity index (χ0v) is 31.0. The van der Waals surface area contributed by atoms with Crippen LogP contribution in [0.15, 0.2) is 158 Å². The first-order valence-corrected chi connectivity index (χ1v) is 19.0. The van der Waals surface area contributed by atoms with Crippen molar-refractivity contribution in [1.29, 1.82) is 0 Å². The van der Waals surface area contributed by atoms with E-state index < -0.39 is 0 Å². The number of fused-ring (bicyclic) bond motifs is 6. The highest BCUT2D eigenvalue weighted by Gasteiger charge is 2.19. The molecule has 6 aromatic carbocycles. The van der Waals surface area contributed by atoms with Gasteiger partial charge < -0.3 is 0 Å². The third-order valence-electron chi connectivity index (χ3n) is 10.3. The molecule has 5 nitrogen and oxygen atoms in total. The number of thiophene rings is 1. The number of pyridine rings is 1. The molecule has 6 heteroatoms. The summed E-state index contributed by atoms with van der Waals surface area (Å²) >= 11 is 1.86. The van der Waals surface area contributed by atoms with Gasteiger partial charge in [0.25, 0.3) is 0 Å². The van der Waals surface area contributed by atoms with Gasteiger partial charge in [-0.3, -0.25) is 4.57 Å². The fraction of sp³-hybridized carbons (Fsp3) is 0.0833. The molecule has 4 aromatic heterocycles. The normalized spacial score (nSPS) is 12.0. The van der Waals surface area contributed by atoms with E-state index in [0.29, 0.717) is 17.5 Å². The lowest BCUT2D eigenvalue weighted by Gasteiger charge is -2.19. The molecule has 0 radical (unpaired) electrons. The Bertz CT molecular complexity index is 3020. The molecule has 0 aliphatic heterocycles. The SMILES string of the molecule is CC(C)(C)c1ccc(-c2nc(-c3ccccc3)nc(-c3ccnc(-n4c5ccccc5c5ccc(-c6cccc7c6sc6ccccc67)cc54)c3)n2)cc1. The van der Waals surface area contributed by atoms with Crippen LogP contribution in [0.2, 0.25) is 0 Å². The number of hydrogen-bond donors (Lipinski definition) is 0. The van der Waals surface area contributed by atoms with Crippen LogP contribution in [0.3, 0.4) is 0 Å². The van der Waals surface area contributed by atoms with E-state index in [1.165, 1.54) is 47.6 Å². The molecule has 0 spiro atoms. The fourth-order valence-corrected chi connectivity index (χ4v) is 8.75. The first-order chi connectivity index (χ1) is 26.4. The molecular weight excluding hydrogens is 679 g/mol. The summed E-state index contributed by atoms with van der Waals surface area (Å²) in [6.45, 7) is 6.67. The van der Waals surface area contributed by atoms with Gasteiger partial charge in [-0.2, -0.15) is 0 Å². The molecule has 10 rings (SSSR count). The number of benzene rings is 6. The smallest absolute Gasteiger partial charge is 0.164 e. The predicted molar refractivity (Wildman–Crippen MR) is 225 cm³/mol. The van der Waals surface area contributed by atoms with Crippen LogP contribution in [0.5, 0.6) is 0 Å². The second-order valence-electron chi connectivity index (χ2n) is 14.8. The molecule has 54 heavy (non-hydrogen) atoms. The fourth-order valence-electron chi connectivity index (χ4n) is 7.51. The number of nitrogens with zero attached hydrogens (tertiary/aromatic N) is 5. The Balaban J connectivity index is 1.14. The van der Waals surface area contributed by atoms with Crippen LogP contribution >= 0.6 is 11.3 Å². The molecule has 0 saturated carbocycles. The summed E-state index contributed by atoms with van der Waals surface area (Å²) in [6.07, 6.45) is 1.86. The molecule has 0 fully saturated rings. The molecule has 0 atom stereocenters. The molecule has 10 aromatic rings. The summed E-state index contributed by atoms with van der Waals surface area (Å²) in [5.41, 5.74) is 8.65. The molecule has 0 unspecified atom stereocenters. The van der Waals surface area contributed by atoms with Crippen molar-refractivity contribution in [3.63, 3.8) is 0 Å². The van der Waals surface area contributed by atoms with E-state index in [0.717, 1.165) is 33.5 Å². The molecule has 4 heterocycles. The number of aromatic nitrogens is 5. The van der Waals surface area contributed by atoms with Crippen LogP contribution in [-0.4, -0.2) is 24.5 Å². The minimum absolute atomic E-state index is 0.0466. The maximum Gasteiger partial charge on any atom is 0.164 e. The van der Waals surface area contributed by atoms with Crippen molar-refractivity contribution in [2.45, 2.75) is 26.2 Å². The lowest BCUT2D eigenvalue weighted by Crippen LogP contribution is -2.10. The van der Waals surface area contributed by atoms with Crippen molar-refractivity contribution in [3.05, 3.63) is 163 Å². The topological polar surface area (TPSA) is 56.5 Å². The number of hydrogen-bond acceptors (Lipinski definition) is 5. The summed E-state index contributed by atoms with van der Waals surface area (Å²) in [7, 11) is 0. The van der Waals surface area contributed by atoms with Gasteiger partial charge in [-0.15, -0.1) is 11.3 Å². The van der Waals surface area contributed by atoms with Crippen LogP contribution < -0.4 is 0 Å². The van der Waals surface area contributed by atoms with Gasteiger partial charge in [0.05, 0.1) is 11.0 Å². The minimum Gasteiger partial charge on any atom is -0.294 e. The van der Waals surface area contributed by atoms with Gasteiger partial charge in [0, 0.05) is 53.8 Å². The average molecular weight is 714 g/mol. The van der Waals surface area contributed by atoms with E-state index in [1.54, 1.807) is 0 Å². The Morgan fingerprint density at radius 2 is 1.11 bits per heavy atom. The zero-order valence-electron chi connectivity index (χ0n) is 30.2. The van der Waals surface area contributed by atoms with E-state index in [2.05, 4.69) is 141 Å². The third-order valence-corrected chi connectivity index (χ3v) is 11.5. The van der Waals surface area contributed by atoms with Crippen LogP contribution in [0.25, 0.3) is 93.1 Å². The van der Waals surface area contributed by atoms with E-state index in [1.807, 2.05) is 53.9 Å². The third kappa shape index (κ3) is 5.46. The van der Waals surface area contributed by atoms with Crippen molar-refractivity contribution in [2.75, 3.05) is 0 Å². The standard InChI is InChI=1S/C48H35N5S/c1-48(2,3)34-23-20-31(21-24-34)46-50-45(30-12-5-4-6-13-30)51-47(52-46)33-26-27-49-43(29-33)53-40-18-9-7-14-36(40)37-25-22-32(28-41(37)53)35-16-11-17-39-38-15-8-10-19-42(38)54-44(35)39/h4-29H,1-3H3. The highest BCUT2D eigenvalue weighted by atomic mass is 32.1. The minimum atomic E-state index is 0.0466. The summed E-state index contributed by atoms with van der Waals surface area (Å²) in [6, 6.07) is 53.5. The average Bonchev–Trinajstić information content (AvgIpc) is 3.76. The number of para-hydroxylation sites is 1. The van der Waals surface area contributed by atoms with Crippen molar-refractivity contribution < 1.29 is 0 Å². The Hall–Kier alpha value is -6.50. The summed E-state index contributed by atoms with van der Waals surface area (Å²) < 4.78 is 4.87. The highest BCUT2D eigenvalue weighted by molar-refractivity contribution is 7.26. The molecule has 0 N–H and O–H groups in total. The van der Waals surface area contributed by atoms with Crippen molar-refractivity contribution in [2.24, 2.45) is 0 Å². The quantitative estimate of drug-likeness (QED) is 0.178. The lowest BCUT2D eigenvalue weighted by atomic mass is 9.87. The first kappa shape index (κ1) is 32.2. The van der Waals surface area contributed by atoms with Crippen molar-refractivity contribution >= 4 is 53.3 Å². The second-order valence-corrected chi connectivity index (χ2v) is 15.8. The molecule has 258 valence electrons. The molecule has 0 saturated heterocycles. The van der Waals surface area contributed by atoms with Crippen molar-refractivity contribution in [1.82, 2.24) is 24.5 Å². The maximum atomic E-state index is 5.08. The van der Waals surface area contributed by atoms with E-state index in [9.17, 15) is 0 Å². The zero-order chi connectivity index (χ0) is 36.4. The monoisotopic (exact) mass is 713 g/mol. The molecule has 0 aliphatic rings. The largest absolute Gasteiger partial charge is 0.294 e. The Kier molecular flexibility index (Phi) is 7.49. The Morgan fingerprint density at radius 1 is 0.481 bits per heavy atom. The first-order valence-electron chi connectivity index (χ1n) is 18.2. The highest BCUT2D eigenvalue weighted by Crippen LogP contribution is 2.42. The van der Waals surface area contributed by atoms with Gasteiger partial charge in [-0.1, -0.05) is 142 Å². The van der Waals surface area contributed by atoms with Crippen LogP contribution in [0.4, 0.5) is 0 Å². The van der Waals surface area contributed by atoms with E-state index in [-0.39, 0.29) is 5.41 Å². The lowest BCUT2D eigenvalue weighted by molar-refractivity contribution is 0.590. The Morgan fingerprint density at radius 3 is 1.89 bits per heavy atom. The molecular formula is C48H35N5S. The summed E-state index contributed by atoms with van der Waals surface area (Å²) in [5, 5.41) is 4.95. The summed E-state index contributed by atoms with van der Waals surface area (Å²) in [4.78, 5) is 20.1. The van der Waals surface area contributed by atoms with Gasteiger partial charge in [0.2, 0.25) is 0 Å². The van der Waals surface area contributed by atoms with Crippen LogP contribution in [0, 0.1) is 0 Å². The van der Waals surface area contributed by atoms with Gasteiger partial charge >= 0.3 is 0 Å². The van der Waals surface area contributed by atoms with E-state index >= 15 is 0 Å². The molecule has 0 amide bonds. The summed E-state index contributed by atoms with van der Waals surface area (Å²) in [5.74, 6) is 2.66. The molecule has 0 aliphatic carbocycles. The number of rotatable bonds is 5. The van der Waals surface area contributed by atoms with Crippen molar-refractivity contribution in [3.8, 4) is 51.1 Å². The molecule has 0 bridgehead atoms.